The van der Waals surface area contributed by atoms with Crippen LogP contribution < -0.4 is 5.32 Å². The van der Waals surface area contributed by atoms with Gasteiger partial charge in [0.25, 0.3) is 5.91 Å². The molecule has 0 bridgehead atoms. The van der Waals surface area contributed by atoms with Gasteiger partial charge in [0.2, 0.25) is 10.0 Å². The van der Waals surface area contributed by atoms with E-state index in [4.69, 9.17) is 0 Å². The number of carbonyl (C=O) groups excluding carboxylic acids is 1. The van der Waals surface area contributed by atoms with Gasteiger partial charge in [0, 0.05) is 19.6 Å². The number of nitrogens with one attached hydrogen (secondary N) is 1. The number of hydrogen-bond acceptors (Lipinski definition) is 4. The van der Waals surface area contributed by atoms with Crippen LogP contribution in [0, 0.1) is 5.82 Å². The smallest absolute Gasteiger partial charge is 0.261 e. The van der Waals surface area contributed by atoms with Crippen LogP contribution in [0.1, 0.15) is 15.2 Å². The topological polar surface area (TPSA) is 66.5 Å². The molecule has 1 N–H and O–H groups in total. The van der Waals surface area contributed by atoms with Gasteiger partial charge in [-0.25, -0.2) is 17.1 Å². The van der Waals surface area contributed by atoms with Gasteiger partial charge < -0.3 is 5.32 Å². The maximum Gasteiger partial charge on any atom is 0.261 e. The minimum absolute atomic E-state index is 0.143. The Bertz CT molecular complexity index is 776. The molecule has 1 heterocycles. The lowest BCUT2D eigenvalue weighted by atomic mass is 10.1. The first-order valence-corrected chi connectivity index (χ1v) is 10.1. The van der Waals surface area contributed by atoms with Gasteiger partial charge in [-0.2, -0.15) is 0 Å². The summed E-state index contributed by atoms with van der Waals surface area (Å²) in [5.41, 5.74) is 0.466. The minimum atomic E-state index is -3.44. The molecular weight excluding hydrogens is 351 g/mol. The average Bonchev–Trinajstić information content (AvgIpc) is 3.05. The van der Waals surface area contributed by atoms with Crippen molar-refractivity contribution in [3.05, 3.63) is 58.0 Å². The van der Waals surface area contributed by atoms with Gasteiger partial charge >= 0.3 is 0 Å². The second-order valence-electron chi connectivity index (χ2n) is 5.24. The number of sulfonamides is 1. The Morgan fingerprint density at radius 2 is 1.96 bits per heavy atom. The quantitative estimate of drug-likeness (QED) is 0.774. The first-order valence-electron chi connectivity index (χ1n) is 7.38. The molecule has 0 aliphatic rings. The van der Waals surface area contributed by atoms with Crippen LogP contribution >= 0.6 is 11.3 Å². The second kappa shape index (κ2) is 8.36. The van der Waals surface area contributed by atoms with Crippen molar-refractivity contribution < 1.29 is 17.6 Å². The van der Waals surface area contributed by atoms with E-state index in [-0.39, 0.29) is 37.8 Å². The van der Waals surface area contributed by atoms with Gasteiger partial charge in [-0.3, -0.25) is 4.79 Å². The normalized spacial score (nSPS) is 11.6. The lowest BCUT2D eigenvalue weighted by molar-refractivity contribution is 0.0955. The molecule has 0 fully saturated rings. The SMILES string of the molecule is CS(=O)(=O)N(CCNC(=O)c1cccs1)CCc1ccccc1F. The third kappa shape index (κ3) is 5.40. The lowest BCUT2D eigenvalue weighted by Gasteiger charge is -2.20. The van der Waals surface area contributed by atoms with Crippen LogP contribution in [-0.4, -0.2) is 44.5 Å². The maximum atomic E-state index is 13.6. The third-order valence-electron chi connectivity index (χ3n) is 3.45. The van der Waals surface area contributed by atoms with E-state index < -0.39 is 10.0 Å². The number of carbonyl (C=O) groups is 1. The Hall–Kier alpha value is -1.77. The van der Waals surface area contributed by atoms with E-state index in [2.05, 4.69) is 5.32 Å². The summed E-state index contributed by atoms with van der Waals surface area (Å²) in [7, 11) is -3.44. The molecule has 2 rings (SSSR count). The molecule has 0 unspecified atom stereocenters. The molecule has 1 amide bonds. The fraction of sp³-hybridized carbons (Fsp3) is 0.312. The number of thiophene rings is 1. The van der Waals surface area contributed by atoms with E-state index in [1.807, 2.05) is 0 Å². The number of rotatable bonds is 8. The molecule has 130 valence electrons. The summed E-state index contributed by atoms with van der Waals surface area (Å²) in [6, 6.07) is 9.76. The number of amides is 1. The van der Waals surface area contributed by atoms with E-state index in [0.29, 0.717) is 10.4 Å². The Labute approximate surface area is 145 Å². The van der Waals surface area contributed by atoms with Gasteiger partial charge in [0.05, 0.1) is 11.1 Å². The molecule has 8 heteroatoms. The molecule has 0 saturated carbocycles. The summed E-state index contributed by atoms with van der Waals surface area (Å²) in [4.78, 5) is 12.4. The molecule has 0 spiro atoms. The highest BCUT2D eigenvalue weighted by Crippen LogP contribution is 2.10. The van der Waals surface area contributed by atoms with Gasteiger partial charge in [0.15, 0.2) is 0 Å². The zero-order valence-corrected chi connectivity index (χ0v) is 14.9. The van der Waals surface area contributed by atoms with Gasteiger partial charge in [-0.05, 0) is 29.5 Å². The van der Waals surface area contributed by atoms with Crippen molar-refractivity contribution in [2.45, 2.75) is 6.42 Å². The Balaban J connectivity index is 1.89. The predicted octanol–water partition coefficient (Wildman–Crippen LogP) is 2.12. The number of hydrogen-bond donors (Lipinski definition) is 1. The molecule has 0 aliphatic heterocycles. The third-order valence-corrected chi connectivity index (χ3v) is 5.62. The van der Waals surface area contributed by atoms with Crippen LogP contribution in [0.2, 0.25) is 0 Å². The number of halogens is 1. The van der Waals surface area contributed by atoms with Crippen molar-refractivity contribution in [3.8, 4) is 0 Å². The number of benzene rings is 1. The van der Waals surface area contributed by atoms with Crippen molar-refractivity contribution in [2.24, 2.45) is 0 Å². The highest BCUT2D eigenvalue weighted by molar-refractivity contribution is 7.88. The maximum absolute atomic E-state index is 13.6. The molecular formula is C16H19FN2O3S2. The molecule has 0 atom stereocenters. The summed E-state index contributed by atoms with van der Waals surface area (Å²) in [6.07, 6.45) is 1.38. The minimum Gasteiger partial charge on any atom is -0.350 e. The molecule has 0 saturated heterocycles. The zero-order chi connectivity index (χ0) is 17.6. The van der Waals surface area contributed by atoms with E-state index in [0.717, 1.165) is 6.26 Å². The average molecular weight is 370 g/mol. The molecule has 0 aliphatic carbocycles. The fourth-order valence-electron chi connectivity index (χ4n) is 2.18. The van der Waals surface area contributed by atoms with Crippen molar-refractivity contribution >= 4 is 27.3 Å². The highest BCUT2D eigenvalue weighted by Gasteiger charge is 2.17. The summed E-state index contributed by atoms with van der Waals surface area (Å²) >= 11 is 1.32. The van der Waals surface area contributed by atoms with Crippen molar-refractivity contribution in [1.82, 2.24) is 9.62 Å². The lowest BCUT2D eigenvalue weighted by Crippen LogP contribution is -2.39. The molecule has 24 heavy (non-hydrogen) atoms. The Kier molecular flexibility index (Phi) is 6.47. The van der Waals surface area contributed by atoms with E-state index in [1.165, 1.54) is 21.7 Å². The van der Waals surface area contributed by atoms with Crippen molar-refractivity contribution in [1.29, 1.82) is 0 Å². The first-order chi connectivity index (χ1) is 11.4. The zero-order valence-electron chi connectivity index (χ0n) is 13.2. The second-order valence-corrected chi connectivity index (χ2v) is 8.17. The molecule has 5 nitrogen and oxygen atoms in total. The summed E-state index contributed by atoms with van der Waals surface area (Å²) < 4.78 is 38.6. The van der Waals surface area contributed by atoms with Crippen molar-refractivity contribution in [2.75, 3.05) is 25.9 Å². The van der Waals surface area contributed by atoms with Crippen LogP contribution in [-0.2, 0) is 16.4 Å². The highest BCUT2D eigenvalue weighted by atomic mass is 32.2. The van der Waals surface area contributed by atoms with Crippen LogP contribution in [0.25, 0.3) is 0 Å². The van der Waals surface area contributed by atoms with E-state index >= 15 is 0 Å². The summed E-state index contributed by atoms with van der Waals surface area (Å²) in [5, 5.41) is 4.49. The number of nitrogens with zero attached hydrogens (tertiary/aromatic N) is 1. The van der Waals surface area contributed by atoms with Crippen LogP contribution in [0.15, 0.2) is 41.8 Å². The largest absolute Gasteiger partial charge is 0.350 e. The molecule has 0 radical (unpaired) electrons. The predicted molar refractivity (Wildman–Crippen MR) is 93.2 cm³/mol. The summed E-state index contributed by atoms with van der Waals surface area (Å²) in [5.74, 6) is -0.579. The van der Waals surface area contributed by atoms with Crippen LogP contribution in [0.3, 0.4) is 0 Å². The van der Waals surface area contributed by atoms with Gasteiger partial charge in [-0.1, -0.05) is 24.3 Å². The Morgan fingerprint density at radius 3 is 2.58 bits per heavy atom. The van der Waals surface area contributed by atoms with E-state index in [9.17, 15) is 17.6 Å². The fourth-order valence-corrected chi connectivity index (χ4v) is 3.66. The first kappa shape index (κ1) is 18.6. The van der Waals surface area contributed by atoms with Gasteiger partial charge in [0.1, 0.15) is 5.82 Å². The monoisotopic (exact) mass is 370 g/mol. The van der Waals surface area contributed by atoms with Gasteiger partial charge in [-0.15, -0.1) is 11.3 Å². The van der Waals surface area contributed by atoms with Crippen molar-refractivity contribution in [3.63, 3.8) is 0 Å². The molecule has 2 aromatic rings. The van der Waals surface area contributed by atoms with E-state index in [1.54, 1.807) is 35.7 Å². The Morgan fingerprint density at radius 1 is 1.21 bits per heavy atom. The summed E-state index contributed by atoms with van der Waals surface area (Å²) in [6.45, 7) is 0.500. The molecule has 1 aromatic carbocycles. The van der Waals surface area contributed by atoms with Crippen LogP contribution in [0.5, 0.6) is 0 Å². The standard InChI is InChI=1S/C16H19FN2O3S2/c1-24(21,22)19(10-8-13-5-2-3-6-14(13)17)11-9-18-16(20)15-7-4-12-23-15/h2-7,12H,8-11H2,1H3,(H,18,20). The molecule has 1 aromatic heterocycles. The van der Waals surface area contributed by atoms with Crippen LogP contribution in [0.4, 0.5) is 4.39 Å².